The van der Waals surface area contributed by atoms with E-state index in [4.69, 9.17) is 21.1 Å². The minimum atomic E-state index is 0.545. The van der Waals surface area contributed by atoms with Gasteiger partial charge >= 0.3 is 0 Å². The second kappa shape index (κ2) is 10.5. The Labute approximate surface area is 150 Å². The number of hydrogen-bond donors (Lipinski definition) is 0. The summed E-state index contributed by atoms with van der Waals surface area (Å²) in [6.45, 7) is 1.14. The molecule has 2 aromatic heterocycles. The molecule has 0 aliphatic heterocycles. The number of ether oxygens (including phenoxy) is 2. The summed E-state index contributed by atoms with van der Waals surface area (Å²) in [4.78, 5) is 7.83. The zero-order valence-corrected chi connectivity index (χ0v) is 15.8. The molecule has 4 nitrogen and oxygen atoms in total. The first-order valence-electron chi connectivity index (χ1n) is 5.62. The Morgan fingerprint density at radius 3 is 2.20 bits per heavy atom. The van der Waals surface area contributed by atoms with Crippen molar-refractivity contribution in [2.45, 2.75) is 0 Å². The van der Waals surface area contributed by atoms with Crippen molar-refractivity contribution in [3.05, 3.63) is 49.0 Å². The predicted molar refractivity (Wildman–Crippen MR) is 96.3 cm³/mol. The van der Waals surface area contributed by atoms with Gasteiger partial charge in [-0.1, -0.05) is 11.6 Å². The topological polar surface area (TPSA) is 44.2 Å². The molecule has 108 valence electrons. The second-order valence-electron chi connectivity index (χ2n) is 3.45. The molecule has 0 radical (unpaired) electrons. The van der Waals surface area contributed by atoms with Gasteiger partial charge in [0.25, 0.3) is 0 Å². The molecule has 0 aliphatic carbocycles. The van der Waals surface area contributed by atoms with Crippen LogP contribution in [0.4, 0.5) is 0 Å². The van der Waals surface area contributed by atoms with E-state index in [1.165, 1.54) is 0 Å². The van der Waals surface area contributed by atoms with Gasteiger partial charge in [0.1, 0.15) is 11.8 Å². The predicted octanol–water partition coefficient (Wildman–Crippen LogP) is 4.05. The molecule has 0 amide bonds. The molecule has 0 aliphatic rings. The van der Waals surface area contributed by atoms with Crippen molar-refractivity contribution in [2.75, 3.05) is 20.3 Å². The van der Waals surface area contributed by atoms with Crippen molar-refractivity contribution in [2.24, 2.45) is 0 Å². The van der Waals surface area contributed by atoms with Crippen LogP contribution >= 0.6 is 56.8 Å². The SMILES string of the molecule is COCCOc1cc(I)ccn1.Clc1cc(I)ccn1. The van der Waals surface area contributed by atoms with Crippen molar-refractivity contribution in [1.29, 1.82) is 0 Å². The molecule has 0 spiro atoms. The van der Waals surface area contributed by atoms with Gasteiger partial charge in [0.15, 0.2) is 0 Å². The molecular formula is C13H13ClI2N2O2. The van der Waals surface area contributed by atoms with Gasteiger partial charge < -0.3 is 9.47 Å². The molecular weight excluding hydrogens is 505 g/mol. The largest absolute Gasteiger partial charge is 0.475 e. The van der Waals surface area contributed by atoms with E-state index in [0.717, 1.165) is 7.14 Å². The van der Waals surface area contributed by atoms with Crippen LogP contribution in [0, 0.1) is 7.14 Å². The van der Waals surface area contributed by atoms with Crippen LogP contribution in [0.15, 0.2) is 36.7 Å². The molecule has 0 atom stereocenters. The molecule has 0 aromatic carbocycles. The van der Waals surface area contributed by atoms with Crippen LogP contribution < -0.4 is 4.74 Å². The first-order valence-corrected chi connectivity index (χ1v) is 8.15. The Balaban J connectivity index is 0.000000217. The van der Waals surface area contributed by atoms with E-state index in [1.807, 2.05) is 24.3 Å². The summed E-state index contributed by atoms with van der Waals surface area (Å²) < 4.78 is 12.4. The fourth-order valence-corrected chi connectivity index (χ4v) is 2.31. The van der Waals surface area contributed by atoms with Crippen molar-refractivity contribution in [3.63, 3.8) is 0 Å². The number of hydrogen-bond acceptors (Lipinski definition) is 4. The molecule has 2 heterocycles. The summed E-state index contributed by atoms with van der Waals surface area (Å²) in [6, 6.07) is 7.51. The maximum atomic E-state index is 5.53. The number of rotatable bonds is 4. The Bertz CT molecular complexity index is 512. The lowest BCUT2D eigenvalue weighted by Gasteiger charge is -2.03. The first-order chi connectivity index (χ1) is 9.61. The molecule has 0 saturated heterocycles. The summed E-state index contributed by atoms with van der Waals surface area (Å²) in [5.41, 5.74) is 0. The van der Waals surface area contributed by atoms with Gasteiger partial charge in [0.2, 0.25) is 5.88 Å². The van der Waals surface area contributed by atoms with Gasteiger partial charge in [-0.3, -0.25) is 0 Å². The Kier molecular flexibility index (Phi) is 9.40. The molecule has 0 N–H and O–H groups in total. The van der Waals surface area contributed by atoms with Crippen molar-refractivity contribution in [1.82, 2.24) is 9.97 Å². The van der Waals surface area contributed by atoms with E-state index in [2.05, 4.69) is 55.1 Å². The fraction of sp³-hybridized carbons (Fsp3) is 0.231. The zero-order valence-electron chi connectivity index (χ0n) is 10.7. The third-order valence-electron chi connectivity index (χ3n) is 1.92. The van der Waals surface area contributed by atoms with Crippen LogP contribution in [0.5, 0.6) is 5.88 Å². The second-order valence-corrected chi connectivity index (χ2v) is 6.33. The lowest BCUT2D eigenvalue weighted by atomic mass is 10.5. The Hall–Kier alpha value is -0.190. The third kappa shape index (κ3) is 8.18. The average Bonchev–Trinajstić information content (AvgIpc) is 2.39. The van der Waals surface area contributed by atoms with Gasteiger partial charge in [0, 0.05) is 32.7 Å². The standard InChI is InChI=1S/C8H10INO2.C5H3ClIN/c1-11-4-5-12-8-6-7(9)2-3-10-8;6-5-3-4(7)1-2-8-5/h2-3,6H,4-5H2,1H3;1-3H. The van der Waals surface area contributed by atoms with Gasteiger partial charge in [-0.25, -0.2) is 9.97 Å². The maximum absolute atomic E-state index is 5.53. The number of halogens is 3. The molecule has 2 rings (SSSR count). The number of methoxy groups -OCH3 is 1. The highest BCUT2D eigenvalue weighted by Gasteiger charge is 1.94. The molecule has 0 bridgehead atoms. The Morgan fingerprint density at radius 1 is 1.05 bits per heavy atom. The monoisotopic (exact) mass is 518 g/mol. The summed E-state index contributed by atoms with van der Waals surface area (Å²) in [6.07, 6.45) is 3.41. The van der Waals surface area contributed by atoms with Crippen LogP contribution in [-0.2, 0) is 4.74 Å². The molecule has 0 fully saturated rings. The van der Waals surface area contributed by atoms with E-state index in [-0.39, 0.29) is 0 Å². The van der Waals surface area contributed by atoms with Crippen LogP contribution in [-0.4, -0.2) is 30.3 Å². The minimum absolute atomic E-state index is 0.545. The van der Waals surface area contributed by atoms with E-state index >= 15 is 0 Å². The smallest absolute Gasteiger partial charge is 0.214 e. The summed E-state index contributed by atoms with van der Waals surface area (Å²) >= 11 is 9.93. The van der Waals surface area contributed by atoms with E-state index < -0.39 is 0 Å². The highest BCUT2D eigenvalue weighted by atomic mass is 127. The molecule has 20 heavy (non-hydrogen) atoms. The first kappa shape index (κ1) is 17.9. The van der Waals surface area contributed by atoms with Crippen molar-refractivity contribution >= 4 is 56.8 Å². The number of aromatic nitrogens is 2. The van der Waals surface area contributed by atoms with Gasteiger partial charge in [0.05, 0.1) is 6.61 Å². The molecule has 0 saturated carbocycles. The zero-order chi connectivity index (χ0) is 14.8. The molecule has 2 aromatic rings. The van der Waals surface area contributed by atoms with E-state index in [9.17, 15) is 0 Å². The van der Waals surface area contributed by atoms with E-state index in [0.29, 0.717) is 24.2 Å². The van der Waals surface area contributed by atoms with Crippen molar-refractivity contribution in [3.8, 4) is 5.88 Å². The summed E-state index contributed by atoms with van der Waals surface area (Å²) in [5, 5.41) is 0.553. The lowest BCUT2D eigenvalue weighted by Crippen LogP contribution is -2.05. The highest BCUT2D eigenvalue weighted by molar-refractivity contribution is 14.1. The van der Waals surface area contributed by atoms with Crippen LogP contribution in [0.25, 0.3) is 0 Å². The normalized spacial score (nSPS) is 9.60. The number of nitrogens with zero attached hydrogens (tertiary/aromatic N) is 2. The van der Waals surface area contributed by atoms with Crippen LogP contribution in [0.3, 0.4) is 0 Å². The van der Waals surface area contributed by atoms with E-state index in [1.54, 1.807) is 19.5 Å². The quantitative estimate of drug-likeness (QED) is 0.348. The molecule has 7 heteroatoms. The highest BCUT2D eigenvalue weighted by Crippen LogP contribution is 2.10. The van der Waals surface area contributed by atoms with Crippen LogP contribution in [0.2, 0.25) is 5.15 Å². The Morgan fingerprint density at radius 2 is 1.70 bits per heavy atom. The summed E-state index contributed by atoms with van der Waals surface area (Å²) in [7, 11) is 1.64. The minimum Gasteiger partial charge on any atom is -0.475 e. The van der Waals surface area contributed by atoms with Gasteiger partial charge in [-0.05, 0) is 63.4 Å². The average molecular weight is 519 g/mol. The molecule has 0 unspecified atom stereocenters. The third-order valence-corrected chi connectivity index (χ3v) is 3.47. The number of pyridine rings is 2. The maximum Gasteiger partial charge on any atom is 0.214 e. The van der Waals surface area contributed by atoms with Crippen LogP contribution in [0.1, 0.15) is 0 Å². The fourth-order valence-electron chi connectivity index (χ4n) is 1.07. The lowest BCUT2D eigenvalue weighted by molar-refractivity contribution is 0.143. The summed E-state index contributed by atoms with van der Waals surface area (Å²) in [5.74, 6) is 0.652. The van der Waals surface area contributed by atoms with Gasteiger partial charge in [-0.15, -0.1) is 0 Å². The van der Waals surface area contributed by atoms with Gasteiger partial charge in [-0.2, -0.15) is 0 Å². The van der Waals surface area contributed by atoms with Crippen molar-refractivity contribution < 1.29 is 9.47 Å².